The van der Waals surface area contributed by atoms with Gasteiger partial charge in [0.25, 0.3) is 5.91 Å². The van der Waals surface area contributed by atoms with Crippen molar-refractivity contribution >= 4 is 11.9 Å². The average molecular weight is 301 g/mol. The third-order valence-corrected chi connectivity index (χ3v) is 2.80. The Labute approximate surface area is 120 Å². The monoisotopic (exact) mass is 301 g/mol. The maximum absolute atomic E-state index is 13.6. The van der Waals surface area contributed by atoms with Crippen LogP contribution in [-0.4, -0.2) is 35.7 Å². The van der Waals surface area contributed by atoms with E-state index in [1.807, 2.05) is 0 Å². The molecular formula is C14H17F2NO4. The standard InChI is InChI=1S/C14H17F2NO4/c1-4-21-13(19)14(3,20)7-17-12(18)9-6-10(15)8(2)5-11(9)16/h5-6,20H,4,7H2,1-3H3,(H,17,18). The lowest BCUT2D eigenvalue weighted by molar-refractivity contribution is -0.162. The fraction of sp³-hybridized carbons (Fsp3) is 0.429. The molecule has 1 rings (SSSR count). The van der Waals surface area contributed by atoms with Crippen LogP contribution in [0.5, 0.6) is 0 Å². The van der Waals surface area contributed by atoms with Crippen LogP contribution < -0.4 is 5.32 Å². The van der Waals surface area contributed by atoms with Crippen LogP contribution in [0.1, 0.15) is 29.8 Å². The Morgan fingerprint density at radius 1 is 1.33 bits per heavy atom. The van der Waals surface area contributed by atoms with Gasteiger partial charge in [0, 0.05) is 0 Å². The predicted octanol–water partition coefficient (Wildman–Crippen LogP) is 1.32. The highest BCUT2D eigenvalue weighted by Gasteiger charge is 2.32. The summed E-state index contributed by atoms with van der Waals surface area (Å²) in [5.74, 6) is -3.46. The van der Waals surface area contributed by atoms with Crippen LogP contribution in [0.25, 0.3) is 0 Å². The summed E-state index contributed by atoms with van der Waals surface area (Å²) in [5.41, 5.74) is -2.38. The molecule has 1 unspecified atom stereocenters. The van der Waals surface area contributed by atoms with Gasteiger partial charge < -0.3 is 15.2 Å². The average Bonchev–Trinajstić information content (AvgIpc) is 2.40. The zero-order valence-electron chi connectivity index (χ0n) is 12.0. The molecule has 21 heavy (non-hydrogen) atoms. The van der Waals surface area contributed by atoms with Crippen LogP contribution in [0.4, 0.5) is 8.78 Å². The van der Waals surface area contributed by atoms with Crippen molar-refractivity contribution in [1.29, 1.82) is 0 Å². The second-order valence-electron chi connectivity index (χ2n) is 4.76. The molecule has 5 nitrogen and oxygen atoms in total. The number of aliphatic hydroxyl groups is 1. The molecule has 0 heterocycles. The summed E-state index contributed by atoms with van der Waals surface area (Å²) in [4.78, 5) is 23.2. The number of rotatable bonds is 5. The molecule has 7 heteroatoms. The minimum absolute atomic E-state index is 0.0702. The minimum atomic E-state index is -1.95. The maximum atomic E-state index is 13.6. The molecule has 0 spiro atoms. The summed E-state index contributed by atoms with van der Waals surface area (Å²) in [5, 5.41) is 12.0. The van der Waals surface area contributed by atoms with E-state index in [1.54, 1.807) is 6.92 Å². The van der Waals surface area contributed by atoms with E-state index in [0.717, 1.165) is 19.1 Å². The molecule has 0 aliphatic rings. The zero-order chi connectivity index (χ0) is 16.2. The molecule has 0 radical (unpaired) electrons. The number of benzene rings is 1. The van der Waals surface area contributed by atoms with Crippen molar-refractivity contribution in [2.24, 2.45) is 0 Å². The van der Waals surface area contributed by atoms with Gasteiger partial charge in [-0.15, -0.1) is 0 Å². The normalized spacial score (nSPS) is 13.4. The van der Waals surface area contributed by atoms with Gasteiger partial charge in [0.05, 0.1) is 18.7 Å². The van der Waals surface area contributed by atoms with Gasteiger partial charge in [-0.05, 0) is 38.5 Å². The molecule has 0 saturated carbocycles. The lowest BCUT2D eigenvalue weighted by Gasteiger charge is -2.21. The summed E-state index contributed by atoms with van der Waals surface area (Å²) < 4.78 is 31.6. The van der Waals surface area contributed by atoms with E-state index in [9.17, 15) is 23.5 Å². The third kappa shape index (κ3) is 4.22. The Hall–Kier alpha value is -2.02. The van der Waals surface area contributed by atoms with Gasteiger partial charge in [0.2, 0.25) is 0 Å². The molecule has 1 aromatic rings. The summed E-state index contributed by atoms with van der Waals surface area (Å²) >= 11 is 0. The second-order valence-corrected chi connectivity index (χ2v) is 4.76. The van der Waals surface area contributed by atoms with E-state index in [-0.39, 0.29) is 12.2 Å². The second kappa shape index (κ2) is 6.62. The fourth-order valence-electron chi connectivity index (χ4n) is 1.53. The van der Waals surface area contributed by atoms with Crippen LogP contribution in [-0.2, 0) is 9.53 Å². The molecule has 0 fully saturated rings. The summed E-state index contributed by atoms with van der Waals surface area (Å²) in [7, 11) is 0. The van der Waals surface area contributed by atoms with Gasteiger partial charge in [-0.25, -0.2) is 13.6 Å². The number of nitrogens with one attached hydrogen (secondary N) is 1. The topological polar surface area (TPSA) is 75.6 Å². The molecule has 1 atom stereocenters. The van der Waals surface area contributed by atoms with E-state index in [0.29, 0.717) is 0 Å². The number of ether oxygens (including phenoxy) is 1. The van der Waals surface area contributed by atoms with Crippen LogP contribution >= 0.6 is 0 Å². The number of aryl methyl sites for hydroxylation is 1. The smallest absolute Gasteiger partial charge is 0.339 e. The zero-order valence-corrected chi connectivity index (χ0v) is 12.0. The Morgan fingerprint density at radius 3 is 2.52 bits per heavy atom. The molecular weight excluding hydrogens is 284 g/mol. The molecule has 1 amide bonds. The molecule has 0 aliphatic heterocycles. The highest BCUT2D eigenvalue weighted by atomic mass is 19.1. The van der Waals surface area contributed by atoms with Crippen molar-refractivity contribution in [1.82, 2.24) is 5.32 Å². The van der Waals surface area contributed by atoms with Crippen LogP contribution in [0.15, 0.2) is 12.1 Å². The Balaban J connectivity index is 2.79. The molecule has 0 aromatic heterocycles. The Bertz CT molecular complexity index is 558. The van der Waals surface area contributed by atoms with Gasteiger partial charge in [0.15, 0.2) is 5.60 Å². The first-order valence-corrected chi connectivity index (χ1v) is 6.32. The summed E-state index contributed by atoms with van der Waals surface area (Å²) in [6, 6.07) is 1.66. The number of amides is 1. The predicted molar refractivity (Wildman–Crippen MR) is 70.7 cm³/mol. The first-order chi connectivity index (χ1) is 9.69. The van der Waals surface area contributed by atoms with Crippen LogP contribution in [0.2, 0.25) is 0 Å². The van der Waals surface area contributed by atoms with E-state index < -0.39 is 41.2 Å². The highest BCUT2D eigenvalue weighted by Crippen LogP contribution is 2.14. The van der Waals surface area contributed by atoms with Crippen molar-refractivity contribution in [3.05, 3.63) is 34.9 Å². The highest BCUT2D eigenvalue weighted by molar-refractivity contribution is 5.95. The number of carbonyl (C=O) groups is 2. The number of hydrogen-bond acceptors (Lipinski definition) is 4. The largest absolute Gasteiger partial charge is 0.464 e. The number of esters is 1. The van der Waals surface area contributed by atoms with Crippen molar-refractivity contribution in [2.75, 3.05) is 13.2 Å². The van der Waals surface area contributed by atoms with Crippen molar-refractivity contribution in [3.63, 3.8) is 0 Å². The van der Waals surface area contributed by atoms with Crippen molar-refractivity contribution < 1.29 is 28.2 Å². The first-order valence-electron chi connectivity index (χ1n) is 6.32. The van der Waals surface area contributed by atoms with Gasteiger partial charge in [-0.3, -0.25) is 4.79 Å². The molecule has 2 N–H and O–H groups in total. The van der Waals surface area contributed by atoms with Gasteiger partial charge in [0.1, 0.15) is 11.6 Å². The van der Waals surface area contributed by atoms with Gasteiger partial charge in [-0.1, -0.05) is 0 Å². The van der Waals surface area contributed by atoms with Crippen molar-refractivity contribution in [3.8, 4) is 0 Å². The first kappa shape index (κ1) is 17.0. The fourth-order valence-corrected chi connectivity index (χ4v) is 1.53. The number of hydrogen-bond donors (Lipinski definition) is 2. The van der Waals surface area contributed by atoms with Gasteiger partial charge in [-0.2, -0.15) is 0 Å². The maximum Gasteiger partial charge on any atom is 0.339 e. The molecule has 1 aromatic carbocycles. The minimum Gasteiger partial charge on any atom is -0.464 e. The number of halogens is 2. The molecule has 0 bridgehead atoms. The Kier molecular flexibility index (Phi) is 5.37. The lowest BCUT2D eigenvalue weighted by Crippen LogP contribution is -2.47. The van der Waals surface area contributed by atoms with E-state index >= 15 is 0 Å². The van der Waals surface area contributed by atoms with E-state index in [4.69, 9.17) is 0 Å². The molecule has 0 saturated heterocycles. The van der Waals surface area contributed by atoms with Crippen LogP contribution in [0, 0.1) is 18.6 Å². The lowest BCUT2D eigenvalue weighted by atomic mass is 10.1. The number of carbonyl (C=O) groups excluding carboxylic acids is 2. The van der Waals surface area contributed by atoms with E-state index in [2.05, 4.69) is 10.1 Å². The van der Waals surface area contributed by atoms with E-state index in [1.165, 1.54) is 6.92 Å². The van der Waals surface area contributed by atoms with Crippen LogP contribution in [0.3, 0.4) is 0 Å². The SMILES string of the molecule is CCOC(=O)C(C)(O)CNC(=O)c1cc(F)c(C)cc1F. The van der Waals surface area contributed by atoms with Crippen molar-refractivity contribution in [2.45, 2.75) is 26.4 Å². The summed E-state index contributed by atoms with van der Waals surface area (Å²) in [6.45, 7) is 3.67. The molecule has 116 valence electrons. The Morgan fingerprint density at radius 2 is 1.95 bits per heavy atom. The van der Waals surface area contributed by atoms with Gasteiger partial charge >= 0.3 is 5.97 Å². The molecule has 0 aliphatic carbocycles. The quantitative estimate of drug-likeness (QED) is 0.804. The third-order valence-electron chi connectivity index (χ3n) is 2.80. The summed E-state index contributed by atoms with van der Waals surface area (Å²) in [6.07, 6.45) is 0.